The zero-order valence-corrected chi connectivity index (χ0v) is 19.7. The molecule has 2 aliphatic rings. The molecule has 0 unspecified atom stereocenters. The lowest BCUT2D eigenvalue weighted by Crippen LogP contribution is -3.00. The number of halogens is 1. The summed E-state index contributed by atoms with van der Waals surface area (Å²) in [6.45, 7) is 2.15. The van der Waals surface area contributed by atoms with Crippen molar-refractivity contribution in [1.29, 1.82) is 0 Å². The van der Waals surface area contributed by atoms with Crippen molar-refractivity contribution in [1.82, 2.24) is 4.58 Å². The molecule has 6 heteroatoms. The number of ether oxygens (including phenoxy) is 1. The van der Waals surface area contributed by atoms with Crippen LogP contribution in [0.2, 0.25) is 0 Å². The summed E-state index contributed by atoms with van der Waals surface area (Å²) in [5, 5.41) is 2.00. The Morgan fingerprint density at radius 2 is 1.75 bits per heavy atom. The van der Waals surface area contributed by atoms with Gasteiger partial charge in [-0.05, 0) is 36.8 Å². The van der Waals surface area contributed by atoms with Crippen molar-refractivity contribution in [3.63, 3.8) is 0 Å². The van der Waals surface area contributed by atoms with E-state index in [-0.39, 0.29) is 18.4 Å². The van der Waals surface area contributed by atoms with Gasteiger partial charge in [-0.3, -0.25) is 0 Å². The Morgan fingerprint density at radius 3 is 2.44 bits per heavy atom. The fraction of sp³-hybridized carbons (Fsp3) is 0.231. The summed E-state index contributed by atoms with van der Waals surface area (Å²) in [6.07, 6.45) is 0. The first-order chi connectivity index (χ1) is 14.9. The van der Waals surface area contributed by atoms with E-state index in [0.29, 0.717) is 12.2 Å². The van der Waals surface area contributed by atoms with Crippen LogP contribution in [0.4, 0.5) is 5.69 Å². The summed E-state index contributed by atoms with van der Waals surface area (Å²) in [7, 11) is 8.01. The standard InChI is InChI=1S/C26H27N2O3.ClH/c1-6-30-26(29)20-10-8-7-9-19(20)25-21-13-11-17(27(2)3)15-23(21)31-24-16-18(28(4)5)12-14-22(24)25;/h7-16H,6H2,1-5H3;1H/q+1;/p-1. The average molecular weight is 451 g/mol. The molecule has 4 rings (SSSR count). The molecule has 2 aromatic carbocycles. The second kappa shape index (κ2) is 9.45. The van der Waals surface area contributed by atoms with Crippen LogP contribution >= 0.6 is 0 Å². The van der Waals surface area contributed by atoms with Crippen LogP contribution in [0.15, 0.2) is 65.1 Å². The van der Waals surface area contributed by atoms with Crippen molar-refractivity contribution >= 4 is 22.6 Å². The van der Waals surface area contributed by atoms with E-state index in [1.54, 1.807) is 0 Å². The van der Waals surface area contributed by atoms with Crippen LogP contribution in [-0.2, 0) is 4.74 Å². The number of nitrogens with zero attached hydrogens (tertiary/aromatic N) is 2. The molecule has 2 aromatic rings. The maximum Gasteiger partial charge on any atom is 0.338 e. The van der Waals surface area contributed by atoms with Crippen molar-refractivity contribution in [2.45, 2.75) is 6.92 Å². The van der Waals surface area contributed by atoms with Gasteiger partial charge < -0.3 is 26.5 Å². The monoisotopic (exact) mass is 450 g/mol. The normalized spacial score (nSPS) is 10.7. The molecule has 0 saturated carbocycles. The highest BCUT2D eigenvalue weighted by Gasteiger charge is 2.22. The van der Waals surface area contributed by atoms with E-state index >= 15 is 0 Å². The molecule has 0 fully saturated rings. The topological polar surface area (TPSA) is 45.7 Å². The summed E-state index contributed by atoms with van der Waals surface area (Å²) >= 11 is 0. The van der Waals surface area contributed by atoms with Crippen molar-refractivity contribution < 1.29 is 26.4 Å². The zero-order valence-electron chi connectivity index (χ0n) is 19.0. The highest BCUT2D eigenvalue weighted by atomic mass is 35.5. The van der Waals surface area contributed by atoms with Gasteiger partial charge in [0.05, 0.1) is 18.2 Å². The lowest BCUT2D eigenvalue weighted by Gasteiger charge is -2.19. The summed E-state index contributed by atoms with van der Waals surface area (Å²) < 4.78 is 13.8. The largest absolute Gasteiger partial charge is 1.00 e. The first kappa shape index (κ1) is 23.4. The fourth-order valence-corrected chi connectivity index (χ4v) is 3.80. The number of benzene rings is 3. The molecule has 1 aliphatic heterocycles. The van der Waals surface area contributed by atoms with Gasteiger partial charge in [0.1, 0.15) is 25.4 Å². The van der Waals surface area contributed by atoms with Gasteiger partial charge in [-0.1, -0.05) is 18.2 Å². The number of hydrogen-bond acceptors (Lipinski definition) is 4. The molecule has 0 radical (unpaired) electrons. The van der Waals surface area contributed by atoms with Gasteiger partial charge in [0.2, 0.25) is 5.36 Å². The average Bonchev–Trinajstić information content (AvgIpc) is 2.76. The molecule has 5 nitrogen and oxygen atoms in total. The van der Waals surface area contributed by atoms with Crippen LogP contribution in [0.3, 0.4) is 0 Å². The quantitative estimate of drug-likeness (QED) is 0.268. The van der Waals surface area contributed by atoms with E-state index in [4.69, 9.17) is 9.15 Å². The molecule has 0 bridgehead atoms. The van der Waals surface area contributed by atoms with Crippen LogP contribution in [0.1, 0.15) is 17.3 Å². The lowest BCUT2D eigenvalue weighted by atomic mass is 9.90. The second-order valence-electron chi connectivity index (χ2n) is 7.89. The predicted molar refractivity (Wildman–Crippen MR) is 126 cm³/mol. The molecular formula is C26H27ClN2O3. The molecule has 32 heavy (non-hydrogen) atoms. The zero-order chi connectivity index (χ0) is 22.1. The Hall–Kier alpha value is -3.31. The number of fused-ring (bicyclic) bond motifs is 2. The van der Waals surface area contributed by atoms with Gasteiger partial charge >= 0.3 is 5.97 Å². The minimum Gasteiger partial charge on any atom is -1.00 e. The molecule has 0 saturated heterocycles. The smallest absolute Gasteiger partial charge is 0.338 e. The summed E-state index contributed by atoms with van der Waals surface area (Å²) in [5.41, 5.74) is 5.11. The minimum absolute atomic E-state index is 0. The number of anilines is 1. The van der Waals surface area contributed by atoms with E-state index in [1.807, 2.05) is 81.0 Å². The highest BCUT2D eigenvalue weighted by Crippen LogP contribution is 2.42. The van der Waals surface area contributed by atoms with E-state index in [0.717, 1.165) is 44.5 Å². The Bertz CT molecular complexity index is 1320. The molecular weight excluding hydrogens is 424 g/mol. The first-order valence-electron chi connectivity index (χ1n) is 10.4. The fourth-order valence-electron chi connectivity index (χ4n) is 3.80. The van der Waals surface area contributed by atoms with Gasteiger partial charge in [0, 0.05) is 48.4 Å². The molecule has 0 aromatic heterocycles. The lowest BCUT2D eigenvalue weighted by molar-refractivity contribution is -0.0000248. The summed E-state index contributed by atoms with van der Waals surface area (Å²) in [4.78, 5) is 14.8. The van der Waals surface area contributed by atoms with E-state index < -0.39 is 0 Å². The van der Waals surface area contributed by atoms with Crippen LogP contribution in [-0.4, -0.2) is 40.8 Å². The van der Waals surface area contributed by atoms with Crippen LogP contribution in [0, 0.1) is 0 Å². The predicted octanol–water partition coefficient (Wildman–Crippen LogP) is 1.48. The van der Waals surface area contributed by atoms with Crippen LogP contribution < -0.4 is 27.2 Å². The molecule has 0 atom stereocenters. The Balaban J connectivity index is 0.00000289. The second-order valence-corrected chi connectivity index (χ2v) is 7.89. The van der Waals surface area contributed by atoms with Gasteiger partial charge in [0.15, 0.2) is 0 Å². The maximum absolute atomic E-state index is 12.7. The molecule has 0 amide bonds. The highest BCUT2D eigenvalue weighted by molar-refractivity contribution is 6.08. The van der Waals surface area contributed by atoms with Crippen LogP contribution in [0.5, 0.6) is 0 Å². The van der Waals surface area contributed by atoms with Gasteiger partial charge in [-0.2, -0.15) is 0 Å². The number of hydrogen-bond donors (Lipinski definition) is 0. The number of rotatable bonds is 4. The molecule has 1 aliphatic carbocycles. The maximum atomic E-state index is 12.7. The van der Waals surface area contributed by atoms with E-state index in [9.17, 15) is 4.79 Å². The van der Waals surface area contributed by atoms with Gasteiger partial charge in [0.25, 0.3) is 0 Å². The molecule has 0 spiro atoms. The summed E-state index contributed by atoms with van der Waals surface area (Å²) in [5.74, 6) is 0.443. The molecule has 166 valence electrons. The first-order valence-corrected chi connectivity index (χ1v) is 10.4. The van der Waals surface area contributed by atoms with Crippen LogP contribution in [0.25, 0.3) is 33.4 Å². The Morgan fingerprint density at radius 1 is 1.00 bits per heavy atom. The Labute approximate surface area is 194 Å². The molecule has 1 heterocycles. The SMILES string of the molecule is CCOC(=O)c1ccccc1-c1c2ccc(=[N+](C)C)cc-2oc2cc(N(C)C)ccc12.[Cl-]. The van der Waals surface area contributed by atoms with E-state index in [2.05, 4.69) is 24.3 Å². The van der Waals surface area contributed by atoms with Gasteiger partial charge in [-0.25, -0.2) is 9.37 Å². The number of esters is 1. The van der Waals surface area contributed by atoms with Crippen molar-refractivity contribution in [2.24, 2.45) is 0 Å². The van der Waals surface area contributed by atoms with E-state index in [1.165, 1.54) is 0 Å². The van der Waals surface area contributed by atoms with Crippen molar-refractivity contribution in [3.8, 4) is 22.5 Å². The third-order valence-corrected chi connectivity index (χ3v) is 5.41. The summed E-state index contributed by atoms with van der Waals surface area (Å²) in [6, 6.07) is 19.9. The molecule has 0 N–H and O–H groups in total. The third-order valence-electron chi connectivity index (χ3n) is 5.41. The minimum atomic E-state index is -0.324. The van der Waals surface area contributed by atoms with Gasteiger partial charge in [-0.15, -0.1) is 0 Å². The number of carbonyl (C=O) groups is 1. The van der Waals surface area contributed by atoms with Crippen molar-refractivity contribution in [3.05, 3.63) is 71.6 Å². The Kier molecular flexibility index (Phi) is 6.90. The third kappa shape index (κ3) is 4.21. The van der Waals surface area contributed by atoms with Crippen molar-refractivity contribution in [2.75, 3.05) is 39.7 Å². The number of carbonyl (C=O) groups excluding carboxylic acids is 1.